The van der Waals surface area contributed by atoms with Gasteiger partial charge in [-0.1, -0.05) is 30.3 Å². The molecule has 0 aliphatic carbocycles. The highest BCUT2D eigenvalue weighted by Gasteiger charge is 2.36. The summed E-state index contributed by atoms with van der Waals surface area (Å²) in [5, 5.41) is 10.7. The van der Waals surface area contributed by atoms with Crippen LogP contribution in [0.2, 0.25) is 0 Å². The number of benzene rings is 1. The highest BCUT2D eigenvalue weighted by Crippen LogP contribution is 2.22. The summed E-state index contributed by atoms with van der Waals surface area (Å²) in [7, 11) is 0. The molecule has 0 aliphatic heterocycles. The predicted molar refractivity (Wildman–Crippen MR) is 84.8 cm³/mol. The van der Waals surface area contributed by atoms with Crippen LogP contribution < -0.4 is 5.32 Å². The van der Waals surface area contributed by atoms with E-state index in [1.165, 1.54) is 0 Å². The molecule has 0 spiro atoms. The van der Waals surface area contributed by atoms with Crippen LogP contribution in [0.4, 0.5) is 13.2 Å². The fourth-order valence-electron chi connectivity index (χ4n) is 2.32. The molecule has 0 radical (unpaired) electrons. The van der Waals surface area contributed by atoms with E-state index >= 15 is 0 Å². The number of H-pyrrole nitrogens is 1. The molecule has 0 fully saturated rings. The maximum atomic E-state index is 12.3. The number of nitrogens with one attached hydrogen (secondary N) is 2. The molecule has 0 aliphatic rings. The molecule has 2 aromatic rings. The molecular weight excluding hydrogens is 337 g/mol. The fraction of sp³-hybridized carbons (Fsp3) is 0.294. The highest BCUT2D eigenvalue weighted by atomic mass is 19.4. The summed E-state index contributed by atoms with van der Waals surface area (Å²) < 4.78 is 36.9. The molecule has 2 rings (SSSR count). The molecular formula is C17H17F3N2O3. The molecule has 3 N–H and O–H groups in total. The van der Waals surface area contributed by atoms with Crippen LogP contribution in [-0.2, 0) is 16.0 Å². The quantitative estimate of drug-likeness (QED) is 0.714. The molecule has 0 bridgehead atoms. The van der Waals surface area contributed by atoms with E-state index in [-0.39, 0.29) is 12.8 Å². The van der Waals surface area contributed by atoms with Crippen molar-refractivity contribution in [1.29, 1.82) is 0 Å². The van der Waals surface area contributed by atoms with Gasteiger partial charge in [-0.05, 0) is 24.1 Å². The summed E-state index contributed by atoms with van der Waals surface area (Å²) in [6.07, 6.45) is -6.12. The van der Waals surface area contributed by atoms with E-state index in [1.54, 1.807) is 6.07 Å². The predicted octanol–water partition coefficient (Wildman–Crippen LogP) is 3.14. The van der Waals surface area contributed by atoms with Crippen molar-refractivity contribution < 1.29 is 27.9 Å². The number of carboxylic acids is 1. The fourth-order valence-corrected chi connectivity index (χ4v) is 2.32. The van der Waals surface area contributed by atoms with Crippen molar-refractivity contribution in [3.8, 4) is 11.3 Å². The lowest BCUT2D eigenvalue weighted by Crippen LogP contribution is -2.43. The van der Waals surface area contributed by atoms with Crippen molar-refractivity contribution in [3.05, 3.63) is 48.2 Å². The first kappa shape index (κ1) is 18.6. The van der Waals surface area contributed by atoms with E-state index in [2.05, 4.69) is 4.98 Å². The van der Waals surface area contributed by atoms with Gasteiger partial charge < -0.3 is 15.4 Å². The molecule has 25 heavy (non-hydrogen) atoms. The standard InChI is InChI=1S/C17H17F3N2O3/c18-17(19,20)10-14(16(24)25)22-15(23)9-7-12-6-8-13(21-12)11-4-2-1-3-5-11/h1-6,8,14,21H,7,9-10H2,(H,22,23)(H,24,25). The van der Waals surface area contributed by atoms with Gasteiger partial charge in [-0.25, -0.2) is 4.79 Å². The monoisotopic (exact) mass is 354 g/mol. The van der Waals surface area contributed by atoms with Crippen LogP contribution in [0.1, 0.15) is 18.5 Å². The third-order valence-electron chi connectivity index (χ3n) is 3.52. The molecule has 0 saturated heterocycles. The minimum atomic E-state index is -4.67. The van der Waals surface area contributed by atoms with Gasteiger partial charge in [-0.3, -0.25) is 4.79 Å². The zero-order chi connectivity index (χ0) is 18.4. The largest absolute Gasteiger partial charge is 0.480 e. The summed E-state index contributed by atoms with van der Waals surface area (Å²) in [6.45, 7) is 0. The number of rotatable bonds is 7. The Balaban J connectivity index is 1.89. The van der Waals surface area contributed by atoms with Crippen molar-refractivity contribution in [2.75, 3.05) is 0 Å². The van der Waals surface area contributed by atoms with Crippen LogP contribution in [0, 0.1) is 0 Å². The van der Waals surface area contributed by atoms with Gasteiger partial charge in [0, 0.05) is 17.8 Å². The molecule has 1 aromatic heterocycles. The Morgan fingerprint density at radius 3 is 2.40 bits per heavy atom. The summed E-state index contributed by atoms with van der Waals surface area (Å²) in [4.78, 5) is 25.7. The normalized spacial score (nSPS) is 12.6. The Hall–Kier alpha value is -2.77. The summed E-state index contributed by atoms with van der Waals surface area (Å²) in [5.74, 6) is -2.45. The smallest absolute Gasteiger partial charge is 0.391 e. The number of aromatic nitrogens is 1. The van der Waals surface area contributed by atoms with Gasteiger partial charge in [-0.2, -0.15) is 13.2 Å². The van der Waals surface area contributed by atoms with Crippen molar-refractivity contribution >= 4 is 11.9 Å². The van der Waals surface area contributed by atoms with Crippen molar-refractivity contribution in [1.82, 2.24) is 10.3 Å². The van der Waals surface area contributed by atoms with Gasteiger partial charge in [0.15, 0.2) is 0 Å². The molecule has 134 valence electrons. The van der Waals surface area contributed by atoms with Crippen LogP contribution in [0.25, 0.3) is 11.3 Å². The number of alkyl halides is 3. The number of hydrogen-bond donors (Lipinski definition) is 3. The molecule has 0 saturated carbocycles. The average molecular weight is 354 g/mol. The minimum absolute atomic E-state index is 0.115. The van der Waals surface area contributed by atoms with Crippen LogP contribution in [0.15, 0.2) is 42.5 Å². The van der Waals surface area contributed by atoms with E-state index in [9.17, 15) is 22.8 Å². The average Bonchev–Trinajstić information content (AvgIpc) is 3.01. The summed E-state index contributed by atoms with van der Waals surface area (Å²) in [5.41, 5.74) is 2.56. The van der Waals surface area contributed by atoms with E-state index in [0.29, 0.717) is 0 Å². The van der Waals surface area contributed by atoms with E-state index in [4.69, 9.17) is 5.11 Å². The van der Waals surface area contributed by atoms with E-state index in [1.807, 2.05) is 41.7 Å². The Morgan fingerprint density at radius 2 is 1.80 bits per heavy atom. The minimum Gasteiger partial charge on any atom is -0.480 e. The molecule has 1 heterocycles. The Morgan fingerprint density at radius 1 is 1.12 bits per heavy atom. The highest BCUT2D eigenvalue weighted by molar-refractivity contribution is 5.83. The Bertz CT molecular complexity index is 726. The zero-order valence-corrected chi connectivity index (χ0v) is 13.1. The van der Waals surface area contributed by atoms with Crippen molar-refractivity contribution in [3.63, 3.8) is 0 Å². The van der Waals surface area contributed by atoms with Crippen molar-refractivity contribution in [2.24, 2.45) is 0 Å². The van der Waals surface area contributed by atoms with Gasteiger partial charge >= 0.3 is 12.1 Å². The number of aliphatic carboxylic acids is 1. The Labute approximate surface area is 141 Å². The van der Waals surface area contributed by atoms with Crippen molar-refractivity contribution in [2.45, 2.75) is 31.5 Å². The lowest BCUT2D eigenvalue weighted by atomic mass is 10.1. The number of halogens is 3. The van der Waals surface area contributed by atoms with Gasteiger partial charge in [0.25, 0.3) is 0 Å². The number of aryl methyl sites for hydroxylation is 1. The number of aromatic amines is 1. The molecule has 1 amide bonds. The maximum absolute atomic E-state index is 12.3. The third kappa shape index (κ3) is 5.98. The Kier molecular flexibility index (Phi) is 5.84. The SMILES string of the molecule is O=C(CCc1ccc(-c2ccccc2)[nH]1)NC(CC(F)(F)F)C(=O)O. The van der Waals surface area contributed by atoms with E-state index in [0.717, 1.165) is 17.0 Å². The number of carboxylic acid groups (broad SMARTS) is 1. The van der Waals surface area contributed by atoms with Crippen LogP contribution in [-0.4, -0.2) is 34.2 Å². The zero-order valence-electron chi connectivity index (χ0n) is 13.1. The lowest BCUT2D eigenvalue weighted by Gasteiger charge is -2.16. The number of amides is 1. The lowest BCUT2D eigenvalue weighted by molar-refractivity contribution is -0.160. The van der Waals surface area contributed by atoms with Gasteiger partial charge in [0.05, 0.1) is 6.42 Å². The third-order valence-corrected chi connectivity index (χ3v) is 3.52. The van der Waals surface area contributed by atoms with Gasteiger partial charge in [0.2, 0.25) is 5.91 Å². The molecule has 8 heteroatoms. The summed E-state index contributed by atoms with van der Waals surface area (Å²) in [6, 6.07) is 11.1. The van der Waals surface area contributed by atoms with Gasteiger partial charge in [0.1, 0.15) is 6.04 Å². The first-order valence-electron chi connectivity index (χ1n) is 7.57. The second-order valence-corrected chi connectivity index (χ2v) is 5.54. The van der Waals surface area contributed by atoms with E-state index < -0.39 is 30.5 Å². The molecule has 5 nitrogen and oxygen atoms in total. The topological polar surface area (TPSA) is 82.2 Å². The van der Waals surface area contributed by atoms with Crippen LogP contribution >= 0.6 is 0 Å². The first-order valence-corrected chi connectivity index (χ1v) is 7.57. The van der Waals surface area contributed by atoms with Gasteiger partial charge in [-0.15, -0.1) is 0 Å². The maximum Gasteiger partial charge on any atom is 0.391 e. The number of carbonyl (C=O) groups is 2. The number of carbonyl (C=O) groups excluding carboxylic acids is 1. The second kappa shape index (κ2) is 7.87. The number of hydrogen-bond acceptors (Lipinski definition) is 2. The first-order chi connectivity index (χ1) is 11.7. The molecule has 1 atom stereocenters. The second-order valence-electron chi connectivity index (χ2n) is 5.54. The molecule has 1 aromatic carbocycles. The van der Waals surface area contributed by atoms with Crippen LogP contribution in [0.3, 0.4) is 0 Å². The van der Waals surface area contributed by atoms with Crippen LogP contribution in [0.5, 0.6) is 0 Å². The summed E-state index contributed by atoms with van der Waals surface area (Å²) >= 11 is 0. The molecule has 1 unspecified atom stereocenters.